The Morgan fingerprint density at radius 3 is 2.58 bits per heavy atom. The molecular formula is C18H25ClN2O4S. The normalized spacial score (nSPS) is 18.6. The third kappa shape index (κ3) is 5.05. The molecule has 1 atom stereocenters. The van der Waals surface area contributed by atoms with Gasteiger partial charge in [-0.2, -0.15) is 0 Å². The second-order valence-electron chi connectivity index (χ2n) is 6.88. The molecule has 1 aromatic rings. The van der Waals surface area contributed by atoms with Gasteiger partial charge in [-0.25, -0.2) is 12.7 Å². The molecule has 0 saturated carbocycles. The van der Waals surface area contributed by atoms with Crippen molar-refractivity contribution in [3.05, 3.63) is 29.3 Å². The average Bonchev–Trinajstić information content (AvgIpc) is 2.78. The van der Waals surface area contributed by atoms with Crippen molar-refractivity contribution in [2.24, 2.45) is 5.92 Å². The van der Waals surface area contributed by atoms with Gasteiger partial charge in [0.15, 0.2) is 5.78 Å². The molecule has 1 aromatic carbocycles. The van der Waals surface area contributed by atoms with Gasteiger partial charge in [0.25, 0.3) is 10.0 Å². The van der Waals surface area contributed by atoms with Crippen LogP contribution in [-0.2, 0) is 19.6 Å². The van der Waals surface area contributed by atoms with Crippen molar-refractivity contribution in [2.45, 2.75) is 50.5 Å². The van der Waals surface area contributed by atoms with Crippen LogP contribution in [0.3, 0.4) is 0 Å². The Hall–Kier alpha value is -1.44. The number of rotatable bonds is 6. The highest BCUT2D eigenvalue weighted by Gasteiger charge is 2.39. The lowest BCUT2D eigenvalue weighted by Crippen LogP contribution is -2.49. The van der Waals surface area contributed by atoms with E-state index < -0.39 is 22.0 Å². The van der Waals surface area contributed by atoms with Gasteiger partial charge < -0.3 is 5.32 Å². The number of sulfonamides is 1. The quantitative estimate of drug-likeness (QED) is 0.793. The van der Waals surface area contributed by atoms with Crippen LogP contribution < -0.4 is 5.32 Å². The van der Waals surface area contributed by atoms with E-state index >= 15 is 0 Å². The highest BCUT2D eigenvalue weighted by atomic mass is 35.5. The summed E-state index contributed by atoms with van der Waals surface area (Å²) < 4.78 is 27.2. The van der Waals surface area contributed by atoms with Gasteiger partial charge in [-0.3, -0.25) is 9.59 Å². The average molecular weight is 401 g/mol. The van der Waals surface area contributed by atoms with E-state index in [-0.39, 0.29) is 29.6 Å². The summed E-state index contributed by atoms with van der Waals surface area (Å²) in [5, 5.41) is 3.37. The smallest absolute Gasteiger partial charge is 0.267 e. The Balaban J connectivity index is 2.42. The van der Waals surface area contributed by atoms with Gasteiger partial charge >= 0.3 is 0 Å². The summed E-state index contributed by atoms with van der Waals surface area (Å²) in [6.45, 7) is 4.62. The Morgan fingerprint density at radius 1 is 1.31 bits per heavy atom. The van der Waals surface area contributed by atoms with Crippen molar-refractivity contribution in [3.63, 3.8) is 0 Å². The molecule has 1 N–H and O–H groups in total. The molecule has 2 rings (SSSR count). The lowest BCUT2D eigenvalue weighted by molar-refractivity contribution is -0.133. The molecule has 1 heterocycles. The fourth-order valence-corrected chi connectivity index (χ4v) is 4.63. The first-order valence-electron chi connectivity index (χ1n) is 8.79. The van der Waals surface area contributed by atoms with Crippen LogP contribution in [0.25, 0.3) is 0 Å². The van der Waals surface area contributed by atoms with E-state index in [2.05, 4.69) is 5.32 Å². The maximum atomic E-state index is 13.2. The molecule has 1 amide bonds. The van der Waals surface area contributed by atoms with Crippen molar-refractivity contribution >= 4 is 33.3 Å². The van der Waals surface area contributed by atoms with Gasteiger partial charge in [-0.1, -0.05) is 25.4 Å². The number of carbonyl (C=O) groups is 2. The SMILES string of the molecule is CC(C)CCC(=O)N([C@H]1CCCNCC1=O)S(=O)(=O)c1ccc(Cl)cc1. The van der Waals surface area contributed by atoms with E-state index in [1.807, 2.05) is 13.8 Å². The lowest BCUT2D eigenvalue weighted by Gasteiger charge is -2.29. The van der Waals surface area contributed by atoms with E-state index in [4.69, 9.17) is 11.6 Å². The van der Waals surface area contributed by atoms with Crippen LogP contribution in [0, 0.1) is 5.92 Å². The predicted molar refractivity (Wildman–Crippen MR) is 100 cm³/mol. The van der Waals surface area contributed by atoms with Gasteiger partial charge in [0.05, 0.1) is 11.4 Å². The topological polar surface area (TPSA) is 83.6 Å². The molecule has 0 aliphatic carbocycles. The minimum atomic E-state index is -4.14. The fraction of sp³-hybridized carbons (Fsp3) is 0.556. The standard InChI is InChI=1S/C18H25ClN2O4S/c1-13(2)5-10-18(23)21(16-4-3-11-20-12-17(16)22)26(24,25)15-8-6-14(19)7-9-15/h6-9,13,16,20H,3-5,10-12H2,1-2H3/t16-/m0/s1. The molecule has 1 fully saturated rings. The summed E-state index contributed by atoms with van der Waals surface area (Å²) in [5.41, 5.74) is 0. The number of nitrogens with zero attached hydrogens (tertiary/aromatic N) is 1. The molecule has 1 aliphatic heterocycles. The van der Waals surface area contributed by atoms with Crippen LogP contribution in [-0.4, -0.2) is 43.5 Å². The van der Waals surface area contributed by atoms with E-state index in [0.29, 0.717) is 30.8 Å². The number of amides is 1. The highest BCUT2D eigenvalue weighted by molar-refractivity contribution is 7.89. The van der Waals surface area contributed by atoms with Gasteiger partial charge in [0, 0.05) is 11.4 Å². The molecular weight excluding hydrogens is 376 g/mol. The summed E-state index contributed by atoms with van der Waals surface area (Å²) in [4.78, 5) is 25.3. The monoisotopic (exact) mass is 400 g/mol. The minimum Gasteiger partial charge on any atom is -0.310 e. The zero-order chi connectivity index (χ0) is 19.3. The highest BCUT2D eigenvalue weighted by Crippen LogP contribution is 2.25. The maximum absolute atomic E-state index is 13.2. The van der Waals surface area contributed by atoms with Crippen molar-refractivity contribution in [1.29, 1.82) is 0 Å². The number of benzene rings is 1. The maximum Gasteiger partial charge on any atom is 0.267 e. The summed E-state index contributed by atoms with van der Waals surface area (Å²) in [6.07, 6.45) is 1.60. The van der Waals surface area contributed by atoms with Crippen LogP contribution in [0.15, 0.2) is 29.2 Å². The first-order valence-corrected chi connectivity index (χ1v) is 10.6. The Labute approximate surface area is 160 Å². The molecule has 8 heteroatoms. The van der Waals surface area contributed by atoms with E-state index in [0.717, 1.165) is 4.31 Å². The number of carbonyl (C=O) groups excluding carboxylic acids is 2. The molecule has 0 unspecified atom stereocenters. The van der Waals surface area contributed by atoms with Gasteiger partial charge in [-0.15, -0.1) is 0 Å². The zero-order valence-corrected chi connectivity index (χ0v) is 16.6. The molecule has 1 aliphatic rings. The fourth-order valence-electron chi connectivity index (χ4n) is 2.88. The third-order valence-corrected chi connectivity index (χ3v) is 6.43. The van der Waals surface area contributed by atoms with Crippen molar-refractivity contribution < 1.29 is 18.0 Å². The predicted octanol–water partition coefficient (Wildman–Crippen LogP) is 2.61. The minimum absolute atomic E-state index is 0.0372. The van der Waals surface area contributed by atoms with Gasteiger partial charge in [0.1, 0.15) is 6.04 Å². The largest absolute Gasteiger partial charge is 0.310 e. The number of ketones is 1. The number of hydrogen-bond acceptors (Lipinski definition) is 5. The zero-order valence-electron chi connectivity index (χ0n) is 15.1. The Kier molecular flexibility index (Phi) is 7.20. The summed E-state index contributed by atoms with van der Waals surface area (Å²) in [7, 11) is -4.14. The molecule has 0 spiro atoms. The van der Waals surface area contributed by atoms with Crippen LogP contribution >= 0.6 is 11.6 Å². The molecule has 6 nitrogen and oxygen atoms in total. The van der Waals surface area contributed by atoms with Crippen molar-refractivity contribution in [3.8, 4) is 0 Å². The Morgan fingerprint density at radius 2 is 1.96 bits per heavy atom. The van der Waals surface area contributed by atoms with Crippen LogP contribution in [0.2, 0.25) is 5.02 Å². The lowest BCUT2D eigenvalue weighted by atomic mass is 10.1. The number of Topliss-reactive ketones (excluding diaryl/α,β-unsaturated/α-hetero) is 1. The van der Waals surface area contributed by atoms with Crippen molar-refractivity contribution in [1.82, 2.24) is 9.62 Å². The number of halogens is 1. The summed E-state index contributed by atoms with van der Waals surface area (Å²) in [5.74, 6) is -0.558. The third-order valence-electron chi connectivity index (χ3n) is 4.34. The first-order chi connectivity index (χ1) is 12.2. The molecule has 0 aromatic heterocycles. The molecule has 0 bridgehead atoms. The van der Waals surface area contributed by atoms with Crippen LogP contribution in [0.4, 0.5) is 0 Å². The first kappa shape index (κ1) is 20.9. The second-order valence-corrected chi connectivity index (χ2v) is 9.13. The van der Waals surface area contributed by atoms with E-state index in [9.17, 15) is 18.0 Å². The van der Waals surface area contributed by atoms with Gasteiger partial charge in [-0.05, 0) is 56.0 Å². The number of hydrogen-bond donors (Lipinski definition) is 1. The van der Waals surface area contributed by atoms with E-state index in [1.54, 1.807) is 0 Å². The molecule has 1 saturated heterocycles. The second kappa shape index (κ2) is 8.97. The van der Waals surface area contributed by atoms with Gasteiger partial charge in [0.2, 0.25) is 5.91 Å². The summed E-state index contributed by atoms with van der Waals surface area (Å²) >= 11 is 5.84. The van der Waals surface area contributed by atoms with E-state index in [1.165, 1.54) is 24.3 Å². The number of nitrogens with one attached hydrogen (secondary N) is 1. The summed E-state index contributed by atoms with van der Waals surface area (Å²) in [6, 6.07) is 4.67. The van der Waals surface area contributed by atoms with Crippen LogP contribution in [0.1, 0.15) is 39.5 Å². The Bertz CT molecular complexity index is 747. The molecule has 26 heavy (non-hydrogen) atoms. The van der Waals surface area contributed by atoms with Crippen molar-refractivity contribution in [2.75, 3.05) is 13.1 Å². The molecule has 0 radical (unpaired) electrons. The molecule has 144 valence electrons. The van der Waals surface area contributed by atoms with Crippen LogP contribution in [0.5, 0.6) is 0 Å².